The third kappa shape index (κ3) is 3.76. The van der Waals surface area contributed by atoms with Crippen LogP contribution in [0.5, 0.6) is 0 Å². The molecular weight excluding hydrogens is 474 g/mol. The summed E-state index contributed by atoms with van der Waals surface area (Å²) < 4.78 is 57.2. The van der Waals surface area contributed by atoms with Gasteiger partial charge in [-0.1, -0.05) is 0 Å². The third-order valence-electron chi connectivity index (χ3n) is 3.99. The van der Waals surface area contributed by atoms with E-state index in [4.69, 9.17) is 0 Å². The van der Waals surface area contributed by atoms with E-state index in [0.29, 0.717) is 12.1 Å². The fourth-order valence-electron chi connectivity index (χ4n) is 2.78. The van der Waals surface area contributed by atoms with Crippen molar-refractivity contribution in [2.75, 3.05) is 5.32 Å². The van der Waals surface area contributed by atoms with Gasteiger partial charge in [-0.05, 0) is 42.8 Å². The molecule has 30 heavy (non-hydrogen) atoms. The number of hydrogen-bond acceptors (Lipinski definition) is 4. The largest absolute Gasteiger partial charge is 0.477 e. The van der Waals surface area contributed by atoms with Gasteiger partial charge >= 0.3 is 5.97 Å². The number of fused-ring (bicyclic) bond motifs is 1. The van der Waals surface area contributed by atoms with Crippen molar-refractivity contribution in [1.82, 2.24) is 9.55 Å². The first-order valence-electron chi connectivity index (χ1n) is 8.42. The van der Waals surface area contributed by atoms with Crippen molar-refractivity contribution in [3.05, 3.63) is 61.9 Å². The summed E-state index contributed by atoms with van der Waals surface area (Å²) in [5.74, 6) is -7.69. The number of carbonyl (C=O) groups is 1. The molecule has 0 aliphatic heterocycles. The van der Waals surface area contributed by atoms with Crippen LogP contribution in [0.4, 0.5) is 23.4 Å². The Morgan fingerprint density at radius 2 is 1.77 bits per heavy atom. The Kier molecular flexibility index (Phi) is 5.35. The summed E-state index contributed by atoms with van der Waals surface area (Å²) in [7, 11) is 0. The standard InChI is InChI=1S/C19H14BrF4N3O3/c1-19(2,3)26-16-10(22)5-11(23)17(25-16)27-6-8(18(29)30)15(28)7-4-9(21)13(24)12(20)14(7)27/h4-6H,1-3H3,(H,25,26)(H,29,30). The molecule has 0 aliphatic carbocycles. The van der Waals surface area contributed by atoms with Gasteiger partial charge < -0.3 is 10.4 Å². The van der Waals surface area contributed by atoms with Gasteiger partial charge in [0, 0.05) is 17.8 Å². The quantitative estimate of drug-likeness (QED) is 0.416. The Morgan fingerprint density at radius 1 is 1.13 bits per heavy atom. The maximum absolute atomic E-state index is 14.7. The minimum Gasteiger partial charge on any atom is -0.477 e. The SMILES string of the molecule is CC(C)(C)Nc1nc(-n2cc(C(=O)O)c(=O)c3cc(F)c(F)c(Br)c32)c(F)cc1F. The van der Waals surface area contributed by atoms with Crippen LogP contribution in [0, 0.1) is 23.3 Å². The van der Waals surface area contributed by atoms with E-state index in [2.05, 4.69) is 26.2 Å². The average Bonchev–Trinajstić information content (AvgIpc) is 2.62. The number of halogens is 5. The van der Waals surface area contributed by atoms with Crippen molar-refractivity contribution < 1.29 is 27.5 Å². The van der Waals surface area contributed by atoms with Crippen LogP contribution in [-0.2, 0) is 0 Å². The predicted octanol–water partition coefficient (Wildman–Crippen LogP) is 4.61. The van der Waals surface area contributed by atoms with Gasteiger partial charge in [0.05, 0.1) is 15.4 Å². The summed E-state index contributed by atoms with van der Waals surface area (Å²) >= 11 is 2.82. The van der Waals surface area contributed by atoms with E-state index in [9.17, 15) is 32.3 Å². The highest BCUT2D eigenvalue weighted by Gasteiger charge is 2.25. The molecule has 1 aromatic carbocycles. The fourth-order valence-corrected chi connectivity index (χ4v) is 3.37. The molecule has 2 heterocycles. The minimum atomic E-state index is -1.67. The van der Waals surface area contributed by atoms with Crippen LogP contribution in [-0.4, -0.2) is 26.2 Å². The molecule has 158 valence electrons. The highest BCUT2D eigenvalue weighted by Crippen LogP contribution is 2.31. The Balaban J connectivity index is 2.48. The summed E-state index contributed by atoms with van der Waals surface area (Å²) in [5, 5.41) is 11.5. The zero-order chi connectivity index (χ0) is 22.5. The molecule has 2 N–H and O–H groups in total. The summed E-state index contributed by atoms with van der Waals surface area (Å²) in [5.41, 5.74) is -2.99. The maximum Gasteiger partial charge on any atom is 0.341 e. The van der Waals surface area contributed by atoms with E-state index in [1.54, 1.807) is 20.8 Å². The van der Waals surface area contributed by atoms with Crippen molar-refractivity contribution in [3.8, 4) is 5.82 Å². The molecule has 0 atom stereocenters. The van der Waals surface area contributed by atoms with Gasteiger partial charge in [-0.3, -0.25) is 9.36 Å². The lowest BCUT2D eigenvalue weighted by atomic mass is 10.1. The summed E-state index contributed by atoms with van der Waals surface area (Å²) in [4.78, 5) is 27.8. The third-order valence-corrected chi connectivity index (χ3v) is 4.71. The number of aromatic carboxylic acids is 1. The number of nitrogens with one attached hydrogen (secondary N) is 1. The lowest BCUT2D eigenvalue weighted by Gasteiger charge is -2.22. The number of rotatable bonds is 3. The average molecular weight is 488 g/mol. The number of carboxylic acids is 1. The minimum absolute atomic E-state index is 0.360. The van der Waals surface area contributed by atoms with Crippen molar-refractivity contribution >= 4 is 38.6 Å². The molecule has 0 radical (unpaired) electrons. The number of nitrogens with zero attached hydrogens (tertiary/aromatic N) is 2. The molecule has 0 aliphatic rings. The van der Waals surface area contributed by atoms with Gasteiger partial charge in [0.15, 0.2) is 34.9 Å². The predicted molar refractivity (Wildman–Crippen MR) is 105 cm³/mol. The molecule has 0 saturated carbocycles. The number of carboxylic acid groups (broad SMARTS) is 1. The number of aromatic nitrogens is 2. The van der Waals surface area contributed by atoms with E-state index in [-0.39, 0.29) is 11.3 Å². The van der Waals surface area contributed by atoms with Crippen LogP contribution in [0.25, 0.3) is 16.7 Å². The Labute approximate surface area is 175 Å². The fraction of sp³-hybridized carbons (Fsp3) is 0.211. The van der Waals surface area contributed by atoms with Crippen molar-refractivity contribution in [2.24, 2.45) is 0 Å². The van der Waals surface area contributed by atoms with Gasteiger partial charge in [-0.2, -0.15) is 0 Å². The van der Waals surface area contributed by atoms with Crippen LogP contribution >= 0.6 is 15.9 Å². The highest BCUT2D eigenvalue weighted by atomic mass is 79.9. The van der Waals surface area contributed by atoms with Crippen LogP contribution in [0.3, 0.4) is 0 Å². The van der Waals surface area contributed by atoms with E-state index in [1.807, 2.05) is 0 Å². The zero-order valence-corrected chi connectivity index (χ0v) is 17.4. The zero-order valence-electron chi connectivity index (χ0n) is 15.8. The molecule has 0 fully saturated rings. The first-order valence-corrected chi connectivity index (χ1v) is 9.22. The molecule has 0 spiro atoms. The number of pyridine rings is 2. The topological polar surface area (TPSA) is 84.2 Å². The smallest absolute Gasteiger partial charge is 0.341 e. The molecular formula is C19H14BrF4N3O3. The first-order chi connectivity index (χ1) is 13.8. The van der Waals surface area contributed by atoms with Gasteiger partial charge in [0.1, 0.15) is 5.56 Å². The monoisotopic (exact) mass is 487 g/mol. The molecule has 0 bridgehead atoms. The van der Waals surface area contributed by atoms with Crippen molar-refractivity contribution in [2.45, 2.75) is 26.3 Å². The van der Waals surface area contributed by atoms with Crippen LogP contribution in [0.1, 0.15) is 31.1 Å². The maximum atomic E-state index is 14.7. The molecule has 11 heteroatoms. The molecule has 3 aromatic rings. The van der Waals surface area contributed by atoms with E-state index in [0.717, 1.165) is 10.8 Å². The van der Waals surface area contributed by atoms with E-state index in [1.165, 1.54) is 0 Å². The summed E-state index contributed by atoms with van der Waals surface area (Å²) in [6.45, 7) is 5.09. The normalized spacial score (nSPS) is 11.7. The highest BCUT2D eigenvalue weighted by molar-refractivity contribution is 9.10. The number of benzene rings is 1. The lowest BCUT2D eigenvalue weighted by molar-refractivity contribution is 0.0695. The van der Waals surface area contributed by atoms with Crippen molar-refractivity contribution in [1.29, 1.82) is 0 Å². The van der Waals surface area contributed by atoms with E-state index >= 15 is 0 Å². The molecule has 3 rings (SSSR count). The molecule has 2 aromatic heterocycles. The second-order valence-corrected chi connectivity index (χ2v) is 8.22. The Bertz CT molecular complexity index is 1270. The number of hydrogen-bond donors (Lipinski definition) is 2. The lowest BCUT2D eigenvalue weighted by Crippen LogP contribution is -2.28. The molecule has 0 amide bonds. The van der Waals surface area contributed by atoms with Gasteiger partial charge in [0.2, 0.25) is 5.43 Å². The first kappa shape index (κ1) is 21.8. The van der Waals surface area contributed by atoms with Crippen LogP contribution in [0.2, 0.25) is 0 Å². The van der Waals surface area contributed by atoms with Gasteiger partial charge in [-0.15, -0.1) is 0 Å². The van der Waals surface area contributed by atoms with Crippen LogP contribution < -0.4 is 10.7 Å². The van der Waals surface area contributed by atoms with E-state index < -0.39 is 61.4 Å². The van der Waals surface area contributed by atoms with Gasteiger partial charge in [-0.25, -0.2) is 27.3 Å². The Morgan fingerprint density at radius 3 is 2.33 bits per heavy atom. The van der Waals surface area contributed by atoms with Crippen LogP contribution in [0.15, 0.2) is 27.6 Å². The molecule has 6 nitrogen and oxygen atoms in total. The second-order valence-electron chi connectivity index (χ2n) is 7.43. The van der Waals surface area contributed by atoms with Crippen molar-refractivity contribution in [3.63, 3.8) is 0 Å². The second kappa shape index (κ2) is 7.38. The molecule has 0 unspecified atom stereocenters. The molecule has 0 saturated heterocycles. The summed E-state index contributed by atoms with van der Waals surface area (Å²) in [6.07, 6.45) is 0.722. The number of anilines is 1. The Hall–Kier alpha value is -2.95. The van der Waals surface area contributed by atoms with Gasteiger partial charge in [0.25, 0.3) is 0 Å². The summed E-state index contributed by atoms with van der Waals surface area (Å²) in [6, 6.07) is 1.02.